The van der Waals surface area contributed by atoms with Crippen molar-refractivity contribution in [3.05, 3.63) is 23.8 Å². The standard InChI is InChI=1S/C15H24N2O3/c1-3-17(9-10-18)15(19)8-6-12-5-7-14(20-4-2)13(16)11-12/h5,7,11,18H,3-4,6,8-10,16H2,1-2H3. The van der Waals surface area contributed by atoms with Crippen LogP contribution in [-0.2, 0) is 11.2 Å². The number of carbonyl (C=O) groups excluding carboxylic acids is 1. The van der Waals surface area contributed by atoms with Crippen molar-refractivity contribution >= 4 is 11.6 Å². The van der Waals surface area contributed by atoms with E-state index in [-0.39, 0.29) is 12.5 Å². The van der Waals surface area contributed by atoms with Crippen LogP contribution in [0, 0.1) is 0 Å². The third kappa shape index (κ3) is 4.74. The molecule has 0 aliphatic heterocycles. The van der Waals surface area contributed by atoms with Crippen LogP contribution < -0.4 is 10.5 Å². The van der Waals surface area contributed by atoms with E-state index in [0.29, 0.717) is 44.0 Å². The minimum Gasteiger partial charge on any atom is -0.492 e. The largest absolute Gasteiger partial charge is 0.492 e. The van der Waals surface area contributed by atoms with Crippen LogP contribution in [0.1, 0.15) is 25.8 Å². The average Bonchev–Trinajstić information content (AvgIpc) is 2.45. The van der Waals surface area contributed by atoms with Crippen LogP contribution in [0.2, 0.25) is 0 Å². The Balaban J connectivity index is 2.57. The Labute approximate surface area is 120 Å². The number of aryl methyl sites for hydroxylation is 1. The topological polar surface area (TPSA) is 75.8 Å². The van der Waals surface area contributed by atoms with Crippen molar-refractivity contribution in [2.45, 2.75) is 26.7 Å². The second-order valence-electron chi connectivity index (χ2n) is 4.50. The van der Waals surface area contributed by atoms with Crippen LogP contribution in [0.3, 0.4) is 0 Å². The number of nitrogens with two attached hydrogens (primary N) is 1. The molecule has 5 nitrogen and oxygen atoms in total. The van der Waals surface area contributed by atoms with Crippen molar-refractivity contribution in [3.8, 4) is 5.75 Å². The van der Waals surface area contributed by atoms with Crippen molar-refractivity contribution < 1.29 is 14.6 Å². The summed E-state index contributed by atoms with van der Waals surface area (Å²) in [5.74, 6) is 0.729. The van der Waals surface area contributed by atoms with Gasteiger partial charge in [-0.1, -0.05) is 6.07 Å². The molecule has 1 amide bonds. The molecule has 0 bridgehead atoms. The Morgan fingerprint density at radius 3 is 2.70 bits per heavy atom. The highest BCUT2D eigenvalue weighted by Gasteiger charge is 2.11. The molecular weight excluding hydrogens is 256 g/mol. The van der Waals surface area contributed by atoms with Gasteiger partial charge in [-0.15, -0.1) is 0 Å². The molecule has 3 N–H and O–H groups in total. The molecule has 0 fully saturated rings. The molecule has 0 heterocycles. The number of ether oxygens (including phenoxy) is 1. The molecule has 1 rings (SSSR count). The summed E-state index contributed by atoms with van der Waals surface area (Å²) in [5, 5.41) is 8.90. The van der Waals surface area contributed by atoms with E-state index in [1.165, 1.54) is 0 Å². The molecule has 0 saturated heterocycles. The van der Waals surface area contributed by atoms with E-state index in [4.69, 9.17) is 15.6 Å². The van der Waals surface area contributed by atoms with E-state index in [1.54, 1.807) is 4.90 Å². The van der Waals surface area contributed by atoms with Crippen LogP contribution in [0.25, 0.3) is 0 Å². The summed E-state index contributed by atoms with van der Waals surface area (Å²) in [7, 11) is 0. The molecule has 0 atom stereocenters. The van der Waals surface area contributed by atoms with Crippen LogP contribution in [0.4, 0.5) is 5.69 Å². The zero-order chi connectivity index (χ0) is 15.0. The number of benzene rings is 1. The Hall–Kier alpha value is -1.75. The summed E-state index contributed by atoms with van der Waals surface area (Å²) in [6.07, 6.45) is 1.05. The van der Waals surface area contributed by atoms with Crippen LogP contribution in [0.5, 0.6) is 5.75 Å². The lowest BCUT2D eigenvalue weighted by Gasteiger charge is -2.19. The van der Waals surface area contributed by atoms with Crippen molar-refractivity contribution in [2.24, 2.45) is 0 Å². The zero-order valence-corrected chi connectivity index (χ0v) is 12.3. The van der Waals surface area contributed by atoms with Crippen molar-refractivity contribution in [1.29, 1.82) is 0 Å². The van der Waals surface area contributed by atoms with Gasteiger partial charge in [0, 0.05) is 19.5 Å². The lowest BCUT2D eigenvalue weighted by molar-refractivity contribution is -0.131. The van der Waals surface area contributed by atoms with Gasteiger partial charge in [0.25, 0.3) is 0 Å². The minimum absolute atomic E-state index is 0.00438. The minimum atomic E-state index is -0.00438. The van der Waals surface area contributed by atoms with Crippen LogP contribution in [0.15, 0.2) is 18.2 Å². The number of aliphatic hydroxyl groups is 1. The highest BCUT2D eigenvalue weighted by Crippen LogP contribution is 2.23. The SMILES string of the molecule is CCOc1ccc(CCC(=O)N(CC)CCO)cc1N. The number of anilines is 1. The van der Waals surface area contributed by atoms with Gasteiger partial charge in [-0.05, 0) is 38.0 Å². The molecule has 0 aliphatic rings. The number of hydrogen-bond acceptors (Lipinski definition) is 4. The molecule has 112 valence electrons. The van der Waals surface area contributed by atoms with Gasteiger partial charge < -0.3 is 20.5 Å². The number of likely N-dealkylation sites (N-methyl/N-ethyl adjacent to an activating group) is 1. The smallest absolute Gasteiger partial charge is 0.222 e. The van der Waals surface area contributed by atoms with Gasteiger partial charge in [0.05, 0.1) is 18.9 Å². The quantitative estimate of drug-likeness (QED) is 0.707. The molecule has 1 aromatic carbocycles. The predicted octanol–water partition coefficient (Wildman–Crippen LogP) is 1.44. The lowest BCUT2D eigenvalue weighted by Crippen LogP contribution is -2.33. The van der Waals surface area contributed by atoms with Crippen LogP contribution >= 0.6 is 0 Å². The van der Waals surface area contributed by atoms with Crippen molar-refractivity contribution in [2.75, 3.05) is 32.0 Å². The predicted molar refractivity (Wildman–Crippen MR) is 79.7 cm³/mol. The molecule has 0 radical (unpaired) electrons. The third-order valence-electron chi connectivity index (χ3n) is 3.11. The molecular formula is C15H24N2O3. The fourth-order valence-corrected chi connectivity index (χ4v) is 2.03. The van der Waals surface area contributed by atoms with Gasteiger partial charge in [0.1, 0.15) is 5.75 Å². The Morgan fingerprint density at radius 2 is 2.15 bits per heavy atom. The number of nitrogens with zero attached hydrogens (tertiary/aromatic N) is 1. The normalized spacial score (nSPS) is 10.3. The van der Waals surface area contributed by atoms with Gasteiger partial charge in [-0.2, -0.15) is 0 Å². The van der Waals surface area contributed by atoms with E-state index in [2.05, 4.69) is 0 Å². The molecule has 20 heavy (non-hydrogen) atoms. The van der Waals surface area contributed by atoms with Gasteiger partial charge >= 0.3 is 0 Å². The van der Waals surface area contributed by atoms with E-state index in [1.807, 2.05) is 32.0 Å². The number of nitrogen functional groups attached to an aromatic ring is 1. The number of amides is 1. The van der Waals surface area contributed by atoms with Gasteiger partial charge in [0.2, 0.25) is 5.91 Å². The number of aliphatic hydroxyl groups excluding tert-OH is 1. The Bertz CT molecular complexity index is 435. The third-order valence-corrected chi connectivity index (χ3v) is 3.11. The summed E-state index contributed by atoms with van der Waals surface area (Å²) >= 11 is 0. The summed E-state index contributed by atoms with van der Waals surface area (Å²) < 4.78 is 5.38. The summed E-state index contributed by atoms with van der Waals surface area (Å²) in [5.41, 5.74) is 7.50. The first-order valence-corrected chi connectivity index (χ1v) is 7.02. The van der Waals surface area contributed by atoms with Gasteiger partial charge in [0.15, 0.2) is 0 Å². The van der Waals surface area contributed by atoms with E-state index < -0.39 is 0 Å². The van der Waals surface area contributed by atoms with Gasteiger partial charge in [-0.25, -0.2) is 0 Å². The highest BCUT2D eigenvalue weighted by molar-refractivity contribution is 5.76. The second kappa shape index (κ2) is 8.43. The molecule has 0 spiro atoms. The molecule has 0 aliphatic carbocycles. The molecule has 0 aromatic heterocycles. The maximum absolute atomic E-state index is 12.0. The number of carbonyl (C=O) groups is 1. The fourth-order valence-electron chi connectivity index (χ4n) is 2.03. The first-order valence-electron chi connectivity index (χ1n) is 7.02. The number of rotatable bonds is 8. The first kappa shape index (κ1) is 16.3. The highest BCUT2D eigenvalue weighted by atomic mass is 16.5. The maximum atomic E-state index is 12.0. The average molecular weight is 280 g/mol. The van der Waals surface area contributed by atoms with E-state index >= 15 is 0 Å². The number of hydrogen-bond donors (Lipinski definition) is 2. The van der Waals surface area contributed by atoms with Crippen molar-refractivity contribution in [1.82, 2.24) is 4.90 Å². The molecule has 1 aromatic rings. The summed E-state index contributed by atoms with van der Waals surface area (Å²) in [6, 6.07) is 5.61. The maximum Gasteiger partial charge on any atom is 0.222 e. The summed E-state index contributed by atoms with van der Waals surface area (Å²) in [4.78, 5) is 13.6. The monoisotopic (exact) mass is 280 g/mol. The van der Waals surface area contributed by atoms with Crippen LogP contribution in [-0.4, -0.2) is 42.2 Å². The fraction of sp³-hybridized carbons (Fsp3) is 0.533. The summed E-state index contributed by atoms with van der Waals surface area (Å²) in [6.45, 7) is 5.39. The zero-order valence-electron chi connectivity index (χ0n) is 12.3. The van der Waals surface area contributed by atoms with Gasteiger partial charge in [-0.3, -0.25) is 4.79 Å². The molecule has 0 saturated carbocycles. The molecule has 5 heteroatoms. The second-order valence-corrected chi connectivity index (χ2v) is 4.50. The Morgan fingerprint density at radius 1 is 1.40 bits per heavy atom. The van der Waals surface area contributed by atoms with E-state index in [0.717, 1.165) is 5.56 Å². The first-order chi connectivity index (χ1) is 9.62. The van der Waals surface area contributed by atoms with Crippen molar-refractivity contribution in [3.63, 3.8) is 0 Å². The van der Waals surface area contributed by atoms with E-state index in [9.17, 15) is 4.79 Å². The lowest BCUT2D eigenvalue weighted by atomic mass is 10.1. The molecule has 0 unspecified atom stereocenters. The Kier molecular flexibility index (Phi) is 6.87.